The van der Waals surface area contributed by atoms with Crippen LogP contribution in [0, 0.1) is 20.8 Å². The Hall–Kier alpha value is -2.37. The third-order valence-corrected chi connectivity index (χ3v) is 3.17. The molecule has 1 amide bonds. The molecule has 0 aliphatic heterocycles. The van der Waals surface area contributed by atoms with Gasteiger partial charge in [-0.25, -0.2) is 4.98 Å². The molecule has 0 saturated heterocycles. The number of aryl methyl sites for hydroxylation is 3. The number of hydrogen-bond acceptors (Lipinski definition) is 4. The first-order valence-electron chi connectivity index (χ1n) is 6.82. The Kier molecular flexibility index (Phi) is 4.57. The summed E-state index contributed by atoms with van der Waals surface area (Å²) < 4.78 is 5.64. The summed E-state index contributed by atoms with van der Waals surface area (Å²) >= 11 is 0. The van der Waals surface area contributed by atoms with Gasteiger partial charge in [-0.3, -0.25) is 9.89 Å². The Balaban J connectivity index is 1.93. The summed E-state index contributed by atoms with van der Waals surface area (Å²) in [5.41, 5.74) is 3.24. The van der Waals surface area contributed by atoms with Crippen LogP contribution in [0.1, 0.15) is 35.5 Å². The zero-order valence-corrected chi connectivity index (χ0v) is 12.7. The third-order valence-electron chi connectivity index (χ3n) is 3.17. The van der Waals surface area contributed by atoms with Crippen molar-refractivity contribution in [1.82, 2.24) is 20.5 Å². The highest BCUT2D eigenvalue weighted by molar-refractivity contribution is 5.78. The van der Waals surface area contributed by atoms with Gasteiger partial charge in [-0.05, 0) is 38.8 Å². The molecule has 6 heteroatoms. The van der Waals surface area contributed by atoms with Gasteiger partial charge >= 0.3 is 0 Å². The first kappa shape index (κ1) is 15.0. The number of hydrogen-bond donors (Lipinski definition) is 2. The zero-order chi connectivity index (χ0) is 15.4. The van der Waals surface area contributed by atoms with Crippen molar-refractivity contribution in [3.8, 4) is 5.75 Å². The van der Waals surface area contributed by atoms with Gasteiger partial charge in [-0.1, -0.05) is 17.7 Å². The lowest BCUT2D eigenvalue weighted by Crippen LogP contribution is -2.32. The number of aromatic nitrogens is 3. The Morgan fingerprint density at radius 3 is 2.57 bits per heavy atom. The summed E-state index contributed by atoms with van der Waals surface area (Å²) in [4.78, 5) is 15.9. The van der Waals surface area contributed by atoms with Gasteiger partial charge in [0.05, 0.1) is 6.04 Å². The van der Waals surface area contributed by atoms with E-state index in [4.69, 9.17) is 4.74 Å². The number of carbonyl (C=O) groups excluding carboxylic acids is 1. The Bertz CT molecular complexity index is 600. The van der Waals surface area contributed by atoms with E-state index in [0.29, 0.717) is 5.82 Å². The van der Waals surface area contributed by atoms with E-state index in [9.17, 15) is 4.79 Å². The van der Waals surface area contributed by atoms with Crippen molar-refractivity contribution in [2.24, 2.45) is 0 Å². The normalized spacial score (nSPS) is 12.0. The monoisotopic (exact) mass is 288 g/mol. The van der Waals surface area contributed by atoms with E-state index in [1.807, 2.05) is 39.8 Å². The quantitative estimate of drug-likeness (QED) is 0.881. The van der Waals surface area contributed by atoms with Crippen molar-refractivity contribution in [2.75, 3.05) is 6.61 Å². The molecule has 21 heavy (non-hydrogen) atoms. The van der Waals surface area contributed by atoms with Crippen LogP contribution in [0.15, 0.2) is 18.5 Å². The molecule has 1 heterocycles. The van der Waals surface area contributed by atoms with Crippen molar-refractivity contribution in [2.45, 2.75) is 33.7 Å². The Labute approximate surface area is 123 Å². The van der Waals surface area contributed by atoms with Crippen molar-refractivity contribution in [3.63, 3.8) is 0 Å². The summed E-state index contributed by atoms with van der Waals surface area (Å²) in [5, 5.41) is 9.29. The molecule has 2 aromatic rings. The standard InChI is InChI=1S/C15H20N4O2/c1-9-5-10(2)14(11(3)6-9)21-7-13(20)18-12(4)15-16-8-17-19-15/h5-6,8,12H,7H2,1-4H3,(H,18,20)(H,16,17,19). The van der Waals surface area contributed by atoms with Crippen LogP contribution in [0.4, 0.5) is 0 Å². The van der Waals surface area contributed by atoms with Gasteiger partial charge in [0.2, 0.25) is 0 Å². The van der Waals surface area contributed by atoms with E-state index in [1.54, 1.807) is 0 Å². The molecule has 1 aromatic carbocycles. The molecule has 1 unspecified atom stereocenters. The maximum atomic E-state index is 11.9. The second kappa shape index (κ2) is 6.39. The molecule has 0 saturated carbocycles. The highest BCUT2D eigenvalue weighted by atomic mass is 16.5. The number of aromatic amines is 1. The molecule has 0 aliphatic carbocycles. The first-order valence-corrected chi connectivity index (χ1v) is 6.82. The topological polar surface area (TPSA) is 79.9 Å². The summed E-state index contributed by atoms with van der Waals surface area (Å²) in [6.07, 6.45) is 1.41. The molecular weight excluding hydrogens is 268 g/mol. The van der Waals surface area contributed by atoms with Gasteiger partial charge in [0.25, 0.3) is 5.91 Å². The maximum absolute atomic E-state index is 11.9. The number of amides is 1. The minimum atomic E-state index is -0.233. The molecular formula is C15H20N4O2. The van der Waals surface area contributed by atoms with Gasteiger partial charge in [-0.2, -0.15) is 5.10 Å². The van der Waals surface area contributed by atoms with Gasteiger partial charge < -0.3 is 10.1 Å². The van der Waals surface area contributed by atoms with Crippen molar-refractivity contribution < 1.29 is 9.53 Å². The first-order chi connectivity index (χ1) is 9.97. The van der Waals surface area contributed by atoms with Gasteiger partial charge in [0.15, 0.2) is 6.61 Å². The lowest BCUT2D eigenvalue weighted by atomic mass is 10.1. The minimum Gasteiger partial charge on any atom is -0.483 e. The maximum Gasteiger partial charge on any atom is 0.258 e. The average molecular weight is 288 g/mol. The lowest BCUT2D eigenvalue weighted by molar-refractivity contribution is -0.123. The fourth-order valence-electron chi connectivity index (χ4n) is 2.31. The molecule has 0 spiro atoms. The molecule has 0 radical (unpaired) electrons. The largest absolute Gasteiger partial charge is 0.483 e. The van der Waals surface area contributed by atoms with Crippen LogP contribution in [0.2, 0.25) is 0 Å². The predicted octanol–water partition coefficient (Wildman–Crippen LogP) is 1.99. The van der Waals surface area contributed by atoms with Crippen LogP contribution in [0.3, 0.4) is 0 Å². The van der Waals surface area contributed by atoms with Crippen molar-refractivity contribution >= 4 is 5.91 Å². The molecule has 0 fully saturated rings. The van der Waals surface area contributed by atoms with E-state index < -0.39 is 0 Å². The number of nitrogens with one attached hydrogen (secondary N) is 2. The molecule has 2 rings (SSSR count). The fourth-order valence-corrected chi connectivity index (χ4v) is 2.31. The molecule has 112 valence electrons. The predicted molar refractivity (Wildman–Crippen MR) is 79.1 cm³/mol. The summed E-state index contributed by atoms with van der Waals surface area (Å²) in [6.45, 7) is 7.80. The van der Waals surface area contributed by atoms with Crippen molar-refractivity contribution in [3.05, 3.63) is 41.0 Å². The summed E-state index contributed by atoms with van der Waals surface area (Å²) in [7, 11) is 0. The van der Waals surface area contributed by atoms with E-state index in [2.05, 4.69) is 20.5 Å². The van der Waals surface area contributed by atoms with Crippen LogP contribution < -0.4 is 10.1 Å². The molecule has 2 N–H and O–H groups in total. The summed E-state index contributed by atoms with van der Waals surface area (Å²) in [5.74, 6) is 1.19. The highest BCUT2D eigenvalue weighted by Crippen LogP contribution is 2.24. The molecule has 6 nitrogen and oxygen atoms in total. The van der Waals surface area contributed by atoms with E-state index >= 15 is 0 Å². The van der Waals surface area contributed by atoms with E-state index in [0.717, 1.165) is 16.9 Å². The van der Waals surface area contributed by atoms with Crippen LogP contribution in [0.5, 0.6) is 5.75 Å². The van der Waals surface area contributed by atoms with Gasteiger partial charge in [0, 0.05) is 0 Å². The number of nitrogens with zero attached hydrogens (tertiary/aromatic N) is 2. The molecule has 1 atom stereocenters. The smallest absolute Gasteiger partial charge is 0.258 e. The highest BCUT2D eigenvalue weighted by Gasteiger charge is 2.13. The number of rotatable bonds is 5. The van der Waals surface area contributed by atoms with Gasteiger partial charge in [-0.15, -0.1) is 0 Å². The lowest BCUT2D eigenvalue weighted by Gasteiger charge is -2.15. The number of carbonyl (C=O) groups is 1. The number of H-pyrrole nitrogens is 1. The van der Waals surface area contributed by atoms with Crippen molar-refractivity contribution in [1.29, 1.82) is 0 Å². The molecule has 0 aliphatic rings. The minimum absolute atomic E-state index is 0.0246. The van der Waals surface area contributed by atoms with Crippen LogP contribution >= 0.6 is 0 Å². The van der Waals surface area contributed by atoms with E-state index in [-0.39, 0.29) is 18.6 Å². The van der Waals surface area contributed by atoms with Crippen LogP contribution in [-0.2, 0) is 4.79 Å². The second-order valence-electron chi connectivity index (χ2n) is 5.18. The van der Waals surface area contributed by atoms with Gasteiger partial charge in [0.1, 0.15) is 17.9 Å². The molecule has 1 aromatic heterocycles. The van der Waals surface area contributed by atoms with E-state index in [1.165, 1.54) is 11.9 Å². The van der Waals surface area contributed by atoms with Crippen LogP contribution in [0.25, 0.3) is 0 Å². The second-order valence-corrected chi connectivity index (χ2v) is 5.18. The third kappa shape index (κ3) is 3.81. The molecule has 0 bridgehead atoms. The SMILES string of the molecule is Cc1cc(C)c(OCC(=O)NC(C)c2ncn[nH]2)c(C)c1. The number of ether oxygens (including phenoxy) is 1. The fraction of sp³-hybridized carbons (Fsp3) is 0.400. The average Bonchev–Trinajstić information content (AvgIpc) is 2.91. The van der Waals surface area contributed by atoms with Crippen LogP contribution in [-0.4, -0.2) is 27.7 Å². The summed E-state index contributed by atoms with van der Waals surface area (Å²) in [6, 6.07) is 3.85. The Morgan fingerprint density at radius 1 is 1.33 bits per heavy atom. The number of benzene rings is 1. The zero-order valence-electron chi connectivity index (χ0n) is 12.7. The Morgan fingerprint density at radius 2 is 2.00 bits per heavy atom.